The van der Waals surface area contributed by atoms with Gasteiger partial charge in [-0.25, -0.2) is 0 Å². The Labute approximate surface area is 151 Å². The lowest BCUT2D eigenvalue weighted by atomic mass is 9.94. The van der Waals surface area contributed by atoms with Gasteiger partial charge in [-0.1, -0.05) is 48.5 Å². The van der Waals surface area contributed by atoms with Crippen molar-refractivity contribution in [1.82, 2.24) is 0 Å². The van der Waals surface area contributed by atoms with E-state index in [1.54, 1.807) is 14.2 Å². The van der Waals surface area contributed by atoms with Crippen molar-refractivity contribution in [2.75, 3.05) is 14.2 Å². The van der Waals surface area contributed by atoms with Gasteiger partial charge in [-0.05, 0) is 40.4 Å². The number of carbonyl (C=O) groups excluding carboxylic acids is 1. The van der Waals surface area contributed by atoms with E-state index in [-0.39, 0.29) is 5.78 Å². The number of hydrogen-bond acceptors (Lipinski definition) is 3. The molecule has 0 aromatic heterocycles. The normalized spacial score (nSPS) is 10.8. The summed E-state index contributed by atoms with van der Waals surface area (Å²) in [6.45, 7) is 0. The molecule has 4 aromatic carbocycles. The van der Waals surface area contributed by atoms with Gasteiger partial charge in [-0.3, -0.25) is 4.79 Å². The summed E-state index contributed by atoms with van der Waals surface area (Å²) in [5.41, 5.74) is 1.19. The maximum absolute atomic E-state index is 13.4. The standard InChI is InChI=1S/C23H18O3/c1-25-19-11-9-16-10-12-21(26-2)22(20(16)14-19)23(24)18-8-7-15-5-3-4-6-17(15)13-18/h3-14H,1-2H3. The van der Waals surface area contributed by atoms with Crippen LogP contribution in [0.25, 0.3) is 21.5 Å². The van der Waals surface area contributed by atoms with Crippen LogP contribution in [0, 0.1) is 0 Å². The highest BCUT2D eigenvalue weighted by atomic mass is 16.5. The lowest BCUT2D eigenvalue weighted by molar-refractivity contribution is 0.103. The molecule has 0 fully saturated rings. The number of benzene rings is 4. The van der Waals surface area contributed by atoms with Gasteiger partial charge < -0.3 is 9.47 Å². The molecule has 0 aliphatic heterocycles. The third kappa shape index (κ3) is 2.68. The van der Waals surface area contributed by atoms with Crippen molar-refractivity contribution < 1.29 is 14.3 Å². The molecule has 26 heavy (non-hydrogen) atoms. The zero-order valence-corrected chi connectivity index (χ0v) is 14.7. The Morgan fingerprint density at radius 1 is 0.731 bits per heavy atom. The van der Waals surface area contributed by atoms with Crippen LogP contribution < -0.4 is 9.47 Å². The second kappa shape index (κ2) is 6.52. The fourth-order valence-electron chi connectivity index (χ4n) is 3.28. The summed E-state index contributed by atoms with van der Waals surface area (Å²) < 4.78 is 10.8. The summed E-state index contributed by atoms with van der Waals surface area (Å²) in [5, 5.41) is 3.93. The third-order valence-corrected chi connectivity index (χ3v) is 4.65. The fourth-order valence-corrected chi connectivity index (χ4v) is 3.28. The number of methoxy groups -OCH3 is 2. The van der Waals surface area contributed by atoms with Crippen LogP contribution in [-0.4, -0.2) is 20.0 Å². The average molecular weight is 342 g/mol. The van der Waals surface area contributed by atoms with Gasteiger partial charge in [0, 0.05) is 10.9 Å². The summed E-state index contributed by atoms with van der Waals surface area (Å²) in [6.07, 6.45) is 0. The van der Waals surface area contributed by atoms with Crippen molar-refractivity contribution in [1.29, 1.82) is 0 Å². The Morgan fingerprint density at radius 3 is 2.23 bits per heavy atom. The van der Waals surface area contributed by atoms with Crippen molar-refractivity contribution in [3.63, 3.8) is 0 Å². The summed E-state index contributed by atoms with van der Waals surface area (Å²) in [5.74, 6) is 1.20. The maximum atomic E-state index is 13.4. The first-order valence-electron chi connectivity index (χ1n) is 8.39. The molecule has 0 atom stereocenters. The highest BCUT2D eigenvalue weighted by Crippen LogP contribution is 2.33. The number of hydrogen-bond donors (Lipinski definition) is 0. The SMILES string of the molecule is COc1ccc2ccc(OC)c(C(=O)c3ccc4ccccc4c3)c2c1. The molecule has 128 valence electrons. The molecule has 0 radical (unpaired) electrons. The van der Waals surface area contributed by atoms with Gasteiger partial charge in [0.1, 0.15) is 11.5 Å². The molecule has 3 heteroatoms. The molecule has 0 saturated heterocycles. The molecule has 3 nitrogen and oxygen atoms in total. The molecule has 0 bridgehead atoms. The smallest absolute Gasteiger partial charge is 0.197 e. The molecule has 0 aliphatic carbocycles. The monoisotopic (exact) mass is 342 g/mol. The number of ketones is 1. The molecule has 4 aromatic rings. The van der Waals surface area contributed by atoms with Crippen LogP contribution in [0.5, 0.6) is 11.5 Å². The average Bonchev–Trinajstić information content (AvgIpc) is 2.71. The summed E-state index contributed by atoms with van der Waals surface area (Å²) in [6, 6.07) is 23.3. The molecule has 0 unspecified atom stereocenters. The van der Waals surface area contributed by atoms with E-state index >= 15 is 0 Å². The Bertz CT molecular complexity index is 1120. The first-order valence-corrected chi connectivity index (χ1v) is 8.39. The lowest BCUT2D eigenvalue weighted by Crippen LogP contribution is -2.05. The van der Waals surface area contributed by atoms with E-state index in [1.807, 2.05) is 72.8 Å². The molecular formula is C23H18O3. The minimum Gasteiger partial charge on any atom is -0.497 e. The minimum absolute atomic E-state index is 0.0635. The molecule has 0 saturated carbocycles. The van der Waals surface area contributed by atoms with Gasteiger partial charge in [0.2, 0.25) is 0 Å². The molecule has 0 spiro atoms. The van der Waals surface area contributed by atoms with Crippen LogP contribution >= 0.6 is 0 Å². The second-order valence-corrected chi connectivity index (χ2v) is 6.12. The van der Waals surface area contributed by atoms with Crippen molar-refractivity contribution in [2.45, 2.75) is 0 Å². The van der Waals surface area contributed by atoms with E-state index in [2.05, 4.69) is 0 Å². The molecule has 0 heterocycles. The largest absolute Gasteiger partial charge is 0.497 e. The van der Waals surface area contributed by atoms with E-state index in [4.69, 9.17) is 9.47 Å². The summed E-state index contributed by atoms with van der Waals surface area (Å²) >= 11 is 0. The van der Waals surface area contributed by atoms with E-state index in [0.717, 1.165) is 21.5 Å². The maximum Gasteiger partial charge on any atom is 0.197 e. The number of fused-ring (bicyclic) bond motifs is 2. The molecule has 0 aliphatic rings. The fraction of sp³-hybridized carbons (Fsp3) is 0.0870. The third-order valence-electron chi connectivity index (χ3n) is 4.65. The topological polar surface area (TPSA) is 35.5 Å². The van der Waals surface area contributed by atoms with Crippen LogP contribution in [0.1, 0.15) is 15.9 Å². The predicted molar refractivity (Wildman–Crippen MR) is 104 cm³/mol. The van der Waals surface area contributed by atoms with Crippen molar-refractivity contribution in [3.8, 4) is 11.5 Å². The van der Waals surface area contributed by atoms with Gasteiger partial charge in [-0.15, -0.1) is 0 Å². The van der Waals surface area contributed by atoms with Crippen molar-refractivity contribution in [3.05, 3.63) is 83.9 Å². The Kier molecular flexibility index (Phi) is 4.05. The van der Waals surface area contributed by atoms with Gasteiger partial charge in [0.25, 0.3) is 0 Å². The Morgan fingerprint density at radius 2 is 1.46 bits per heavy atom. The highest BCUT2D eigenvalue weighted by molar-refractivity contribution is 6.19. The Hall–Kier alpha value is -3.33. The quantitative estimate of drug-likeness (QED) is 0.476. The van der Waals surface area contributed by atoms with Crippen LogP contribution in [-0.2, 0) is 0 Å². The first-order chi connectivity index (χ1) is 12.7. The lowest BCUT2D eigenvalue weighted by Gasteiger charge is -2.13. The van der Waals surface area contributed by atoms with Crippen LogP contribution in [0.4, 0.5) is 0 Å². The van der Waals surface area contributed by atoms with Gasteiger partial charge in [-0.2, -0.15) is 0 Å². The van der Waals surface area contributed by atoms with Crippen molar-refractivity contribution >= 4 is 27.3 Å². The zero-order chi connectivity index (χ0) is 18.1. The van der Waals surface area contributed by atoms with E-state index < -0.39 is 0 Å². The highest BCUT2D eigenvalue weighted by Gasteiger charge is 2.19. The number of ether oxygens (including phenoxy) is 2. The van der Waals surface area contributed by atoms with E-state index in [1.165, 1.54) is 0 Å². The van der Waals surface area contributed by atoms with Gasteiger partial charge >= 0.3 is 0 Å². The molecule has 0 amide bonds. The van der Waals surface area contributed by atoms with E-state index in [9.17, 15) is 4.79 Å². The zero-order valence-electron chi connectivity index (χ0n) is 14.7. The van der Waals surface area contributed by atoms with Crippen LogP contribution in [0.3, 0.4) is 0 Å². The molecule has 0 N–H and O–H groups in total. The van der Waals surface area contributed by atoms with Crippen molar-refractivity contribution in [2.24, 2.45) is 0 Å². The van der Waals surface area contributed by atoms with Gasteiger partial charge in [0.15, 0.2) is 5.78 Å². The summed E-state index contributed by atoms with van der Waals surface area (Å²) in [4.78, 5) is 13.4. The Balaban J connectivity index is 1.94. The first kappa shape index (κ1) is 16.2. The van der Waals surface area contributed by atoms with Crippen LogP contribution in [0.15, 0.2) is 72.8 Å². The van der Waals surface area contributed by atoms with E-state index in [0.29, 0.717) is 22.6 Å². The summed E-state index contributed by atoms with van der Waals surface area (Å²) in [7, 11) is 3.20. The second-order valence-electron chi connectivity index (χ2n) is 6.12. The van der Waals surface area contributed by atoms with Crippen LogP contribution in [0.2, 0.25) is 0 Å². The molecular weight excluding hydrogens is 324 g/mol. The number of carbonyl (C=O) groups is 1. The number of rotatable bonds is 4. The van der Waals surface area contributed by atoms with Gasteiger partial charge in [0.05, 0.1) is 19.8 Å². The minimum atomic E-state index is -0.0635. The predicted octanol–water partition coefficient (Wildman–Crippen LogP) is 5.24. The molecule has 4 rings (SSSR count).